The quantitative estimate of drug-likeness (QED) is 0.744. The number of aromatic nitrogens is 3. The van der Waals surface area contributed by atoms with E-state index in [0.29, 0.717) is 6.04 Å². The van der Waals surface area contributed by atoms with Crippen molar-refractivity contribution in [2.24, 2.45) is 5.92 Å². The van der Waals surface area contributed by atoms with Gasteiger partial charge in [0.1, 0.15) is 12.7 Å². The van der Waals surface area contributed by atoms with E-state index in [9.17, 15) is 0 Å². The third-order valence-electron chi connectivity index (χ3n) is 2.55. The zero-order valence-electron chi connectivity index (χ0n) is 9.98. The largest absolute Gasteiger partial charge is 0.319 e. The Kier molecular flexibility index (Phi) is 5.32. The van der Waals surface area contributed by atoms with E-state index in [4.69, 9.17) is 0 Å². The molecule has 1 aromatic heterocycles. The van der Waals surface area contributed by atoms with Gasteiger partial charge in [0.15, 0.2) is 0 Å². The van der Waals surface area contributed by atoms with Gasteiger partial charge in [-0.25, -0.2) is 0 Å². The molecule has 2 atom stereocenters. The smallest absolute Gasteiger partial charge is 0.119 e. The Balaban J connectivity index is 2.16. The van der Waals surface area contributed by atoms with Crippen LogP contribution in [0.3, 0.4) is 0 Å². The highest BCUT2D eigenvalue weighted by atomic mass is 15.2. The van der Waals surface area contributed by atoms with Crippen LogP contribution in [-0.2, 0) is 6.54 Å². The molecule has 1 heterocycles. The van der Waals surface area contributed by atoms with Crippen molar-refractivity contribution >= 4 is 0 Å². The fourth-order valence-corrected chi connectivity index (χ4v) is 1.69. The Morgan fingerprint density at radius 2 is 1.93 bits per heavy atom. The van der Waals surface area contributed by atoms with E-state index in [1.54, 1.807) is 12.7 Å². The van der Waals surface area contributed by atoms with Gasteiger partial charge >= 0.3 is 0 Å². The highest BCUT2D eigenvalue weighted by molar-refractivity contribution is 4.68. The van der Waals surface area contributed by atoms with Crippen LogP contribution < -0.4 is 5.32 Å². The Labute approximate surface area is 92.1 Å². The maximum atomic E-state index is 3.79. The van der Waals surface area contributed by atoms with Gasteiger partial charge in [-0.2, -0.15) is 0 Å². The zero-order valence-corrected chi connectivity index (χ0v) is 9.98. The summed E-state index contributed by atoms with van der Waals surface area (Å²) in [7, 11) is 0. The summed E-state index contributed by atoms with van der Waals surface area (Å²) in [4.78, 5) is 0. The summed E-state index contributed by atoms with van der Waals surface area (Å²) in [6, 6.07) is 0.473. The minimum absolute atomic E-state index is 0.473. The van der Waals surface area contributed by atoms with Gasteiger partial charge in [-0.05, 0) is 25.8 Å². The fourth-order valence-electron chi connectivity index (χ4n) is 1.69. The van der Waals surface area contributed by atoms with Gasteiger partial charge < -0.3 is 9.88 Å². The molecule has 4 heteroatoms. The van der Waals surface area contributed by atoms with Crippen LogP contribution in [0.1, 0.15) is 33.6 Å². The van der Waals surface area contributed by atoms with Crippen LogP contribution in [0.15, 0.2) is 12.7 Å². The average molecular weight is 210 g/mol. The van der Waals surface area contributed by atoms with Crippen molar-refractivity contribution in [1.29, 1.82) is 0 Å². The first kappa shape index (κ1) is 12.2. The topological polar surface area (TPSA) is 42.7 Å². The lowest BCUT2D eigenvalue weighted by Crippen LogP contribution is -2.33. The minimum atomic E-state index is 0.473. The van der Waals surface area contributed by atoms with Gasteiger partial charge in [0.2, 0.25) is 0 Å². The van der Waals surface area contributed by atoms with Crippen LogP contribution in [0.5, 0.6) is 0 Å². The molecule has 4 nitrogen and oxygen atoms in total. The van der Waals surface area contributed by atoms with Gasteiger partial charge in [-0.1, -0.05) is 20.3 Å². The highest BCUT2D eigenvalue weighted by Crippen LogP contribution is 2.03. The second-order valence-electron chi connectivity index (χ2n) is 4.36. The predicted octanol–water partition coefficient (Wildman–Crippen LogP) is 1.69. The van der Waals surface area contributed by atoms with Gasteiger partial charge in [-0.15, -0.1) is 10.2 Å². The van der Waals surface area contributed by atoms with Gasteiger partial charge in [-0.3, -0.25) is 0 Å². The molecule has 0 fully saturated rings. The molecule has 0 saturated heterocycles. The maximum Gasteiger partial charge on any atom is 0.119 e. The third kappa shape index (κ3) is 4.93. The SMILES string of the molecule is CCCC(C)CNC(C)Cn1cnnc1. The zero-order chi connectivity index (χ0) is 11.1. The Hall–Kier alpha value is -0.900. The van der Waals surface area contributed by atoms with Crippen LogP contribution in [-0.4, -0.2) is 27.4 Å². The molecule has 0 aromatic carbocycles. The summed E-state index contributed by atoms with van der Waals surface area (Å²) >= 11 is 0. The number of nitrogens with zero attached hydrogens (tertiary/aromatic N) is 3. The molecule has 1 rings (SSSR count). The second kappa shape index (κ2) is 6.56. The van der Waals surface area contributed by atoms with Crippen molar-refractivity contribution in [3.05, 3.63) is 12.7 Å². The van der Waals surface area contributed by atoms with Crippen LogP contribution in [0.4, 0.5) is 0 Å². The van der Waals surface area contributed by atoms with Crippen molar-refractivity contribution in [1.82, 2.24) is 20.1 Å². The average Bonchev–Trinajstić information content (AvgIpc) is 2.68. The van der Waals surface area contributed by atoms with Gasteiger partial charge in [0.25, 0.3) is 0 Å². The molecule has 0 aliphatic heterocycles. The molecule has 1 N–H and O–H groups in total. The van der Waals surface area contributed by atoms with E-state index < -0.39 is 0 Å². The van der Waals surface area contributed by atoms with Crippen LogP contribution >= 0.6 is 0 Å². The molecule has 0 saturated carbocycles. The third-order valence-corrected chi connectivity index (χ3v) is 2.55. The maximum absolute atomic E-state index is 3.79. The molecule has 86 valence electrons. The number of hydrogen-bond donors (Lipinski definition) is 1. The van der Waals surface area contributed by atoms with E-state index in [1.165, 1.54) is 12.8 Å². The Morgan fingerprint density at radius 1 is 1.27 bits per heavy atom. The van der Waals surface area contributed by atoms with Crippen molar-refractivity contribution in [2.45, 2.75) is 46.2 Å². The number of rotatable bonds is 7. The molecule has 0 amide bonds. The first-order valence-electron chi connectivity index (χ1n) is 5.78. The van der Waals surface area contributed by atoms with E-state index in [1.807, 2.05) is 4.57 Å². The summed E-state index contributed by atoms with van der Waals surface area (Å²) in [5.74, 6) is 0.762. The minimum Gasteiger partial charge on any atom is -0.319 e. The normalized spacial score (nSPS) is 15.1. The lowest BCUT2D eigenvalue weighted by atomic mass is 10.1. The molecule has 0 spiro atoms. The van der Waals surface area contributed by atoms with Gasteiger partial charge in [0, 0.05) is 12.6 Å². The molecular formula is C11H22N4. The molecule has 0 bridgehead atoms. The molecule has 1 aromatic rings. The van der Waals surface area contributed by atoms with Crippen LogP contribution in [0.25, 0.3) is 0 Å². The lowest BCUT2D eigenvalue weighted by molar-refractivity contribution is 0.410. The predicted molar refractivity (Wildman–Crippen MR) is 61.6 cm³/mol. The van der Waals surface area contributed by atoms with E-state index in [2.05, 4.69) is 36.3 Å². The van der Waals surface area contributed by atoms with Crippen LogP contribution in [0.2, 0.25) is 0 Å². The van der Waals surface area contributed by atoms with Crippen molar-refractivity contribution in [3.63, 3.8) is 0 Å². The number of hydrogen-bond acceptors (Lipinski definition) is 3. The van der Waals surface area contributed by atoms with Crippen molar-refractivity contribution in [2.75, 3.05) is 6.54 Å². The first-order valence-corrected chi connectivity index (χ1v) is 5.78. The van der Waals surface area contributed by atoms with Crippen molar-refractivity contribution < 1.29 is 0 Å². The summed E-state index contributed by atoms with van der Waals surface area (Å²) in [5, 5.41) is 11.1. The van der Waals surface area contributed by atoms with Crippen LogP contribution in [0, 0.1) is 5.92 Å². The molecule has 15 heavy (non-hydrogen) atoms. The number of nitrogens with one attached hydrogen (secondary N) is 1. The molecule has 0 radical (unpaired) electrons. The molecule has 2 unspecified atom stereocenters. The highest BCUT2D eigenvalue weighted by Gasteiger charge is 2.05. The summed E-state index contributed by atoms with van der Waals surface area (Å²) in [5.41, 5.74) is 0. The summed E-state index contributed by atoms with van der Waals surface area (Å²) in [6.07, 6.45) is 6.08. The summed E-state index contributed by atoms with van der Waals surface area (Å²) < 4.78 is 2.00. The Morgan fingerprint density at radius 3 is 2.53 bits per heavy atom. The molecule has 0 aliphatic carbocycles. The first-order chi connectivity index (χ1) is 7.22. The van der Waals surface area contributed by atoms with E-state index >= 15 is 0 Å². The molecular weight excluding hydrogens is 188 g/mol. The van der Waals surface area contributed by atoms with Gasteiger partial charge in [0.05, 0.1) is 0 Å². The lowest BCUT2D eigenvalue weighted by Gasteiger charge is -2.17. The second-order valence-corrected chi connectivity index (χ2v) is 4.36. The standard InChI is InChI=1S/C11H22N4/c1-4-5-10(2)6-12-11(3)7-15-8-13-14-9-15/h8-12H,4-7H2,1-3H3. The Bertz CT molecular complexity index is 245. The fraction of sp³-hybridized carbons (Fsp3) is 0.818. The van der Waals surface area contributed by atoms with Crippen molar-refractivity contribution in [3.8, 4) is 0 Å². The van der Waals surface area contributed by atoms with E-state index in [-0.39, 0.29) is 0 Å². The monoisotopic (exact) mass is 210 g/mol. The summed E-state index contributed by atoms with van der Waals surface area (Å²) in [6.45, 7) is 8.75. The molecule has 0 aliphatic rings. The van der Waals surface area contributed by atoms with E-state index in [0.717, 1.165) is 19.0 Å².